The summed E-state index contributed by atoms with van der Waals surface area (Å²) in [6, 6.07) is 17.2. The second kappa shape index (κ2) is 10.4. The average molecular weight is 358 g/mol. The standard InChI is InChI=1S/C19H22N2O3S/c1-23-12-13-24-17-9-5-8-16(14-17)20-19(25)21-18(22)11-10-15-6-3-2-4-7-15/h2-9,14H,10-13H2,1H3,(H2,20,21,22,25). The van der Waals surface area contributed by atoms with E-state index in [2.05, 4.69) is 10.6 Å². The van der Waals surface area contributed by atoms with Gasteiger partial charge in [0.15, 0.2) is 5.11 Å². The minimum Gasteiger partial charge on any atom is -0.491 e. The third kappa shape index (κ3) is 7.32. The zero-order valence-electron chi connectivity index (χ0n) is 14.2. The number of rotatable bonds is 8. The number of carbonyl (C=O) groups excluding carboxylic acids is 1. The first-order chi connectivity index (χ1) is 12.2. The number of aryl methyl sites for hydroxylation is 1. The van der Waals surface area contributed by atoms with Crippen LogP contribution in [0.15, 0.2) is 54.6 Å². The lowest BCUT2D eigenvalue weighted by Gasteiger charge is -2.11. The maximum atomic E-state index is 12.0. The van der Waals surface area contributed by atoms with Crippen molar-refractivity contribution >= 4 is 28.9 Å². The van der Waals surface area contributed by atoms with Crippen molar-refractivity contribution in [1.82, 2.24) is 5.32 Å². The van der Waals surface area contributed by atoms with E-state index in [0.29, 0.717) is 31.8 Å². The van der Waals surface area contributed by atoms with E-state index >= 15 is 0 Å². The number of carbonyl (C=O) groups is 1. The number of anilines is 1. The highest BCUT2D eigenvalue weighted by Crippen LogP contribution is 2.17. The van der Waals surface area contributed by atoms with Gasteiger partial charge in [-0.3, -0.25) is 4.79 Å². The van der Waals surface area contributed by atoms with E-state index in [0.717, 1.165) is 11.3 Å². The molecule has 0 aliphatic rings. The van der Waals surface area contributed by atoms with Gasteiger partial charge in [-0.25, -0.2) is 0 Å². The van der Waals surface area contributed by atoms with Crippen LogP contribution in [0.3, 0.4) is 0 Å². The van der Waals surface area contributed by atoms with Crippen molar-refractivity contribution in [2.24, 2.45) is 0 Å². The molecule has 0 saturated heterocycles. The molecule has 0 bridgehead atoms. The molecule has 0 unspecified atom stereocenters. The molecule has 25 heavy (non-hydrogen) atoms. The fraction of sp³-hybridized carbons (Fsp3) is 0.263. The highest BCUT2D eigenvalue weighted by Gasteiger charge is 2.06. The Hall–Kier alpha value is -2.44. The van der Waals surface area contributed by atoms with Gasteiger partial charge in [-0.15, -0.1) is 0 Å². The Bertz CT molecular complexity index is 692. The van der Waals surface area contributed by atoms with Crippen LogP contribution in [0.25, 0.3) is 0 Å². The SMILES string of the molecule is COCCOc1cccc(NC(=S)NC(=O)CCc2ccccc2)c1. The number of amides is 1. The van der Waals surface area contributed by atoms with Crippen LogP contribution < -0.4 is 15.4 Å². The monoisotopic (exact) mass is 358 g/mol. The summed E-state index contributed by atoms with van der Waals surface area (Å²) in [6.07, 6.45) is 1.06. The van der Waals surface area contributed by atoms with Gasteiger partial charge in [0.05, 0.1) is 6.61 Å². The molecule has 0 heterocycles. The van der Waals surface area contributed by atoms with Crippen LogP contribution >= 0.6 is 12.2 Å². The second-order valence-corrected chi connectivity index (χ2v) is 5.77. The summed E-state index contributed by atoms with van der Waals surface area (Å²) < 4.78 is 10.5. The summed E-state index contributed by atoms with van der Waals surface area (Å²) in [6.45, 7) is 0.994. The molecular weight excluding hydrogens is 336 g/mol. The highest BCUT2D eigenvalue weighted by atomic mass is 32.1. The molecule has 0 aromatic heterocycles. The Morgan fingerprint density at radius 1 is 1.08 bits per heavy atom. The predicted molar refractivity (Wildman–Crippen MR) is 103 cm³/mol. The van der Waals surface area contributed by atoms with Crippen molar-refractivity contribution in [3.05, 3.63) is 60.2 Å². The van der Waals surface area contributed by atoms with Gasteiger partial charge in [-0.2, -0.15) is 0 Å². The molecule has 132 valence electrons. The molecule has 0 fully saturated rings. The number of nitrogens with one attached hydrogen (secondary N) is 2. The van der Waals surface area contributed by atoms with E-state index in [1.807, 2.05) is 54.6 Å². The van der Waals surface area contributed by atoms with Crippen molar-refractivity contribution in [1.29, 1.82) is 0 Å². The van der Waals surface area contributed by atoms with Gasteiger partial charge in [0.25, 0.3) is 0 Å². The molecule has 0 atom stereocenters. The molecule has 6 heteroatoms. The van der Waals surface area contributed by atoms with Crippen molar-refractivity contribution in [3.8, 4) is 5.75 Å². The first-order valence-corrected chi connectivity index (χ1v) is 8.45. The molecule has 5 nitrogen and oxygen atoms in total. The Kier molecular flexibility index (Phi) is 7.88. The van der Waals surface area contributed by atoms with Gasteiger partial charge in [0.1, 0.15) is 12.4 Å². The number of hydrogen-bond acceptors (Lipinski definition) is 4. The highest BCUT2D eigenvalue weighted by molar-refractivity contribution is 7.80. The minimum absolute atomic E-state index is 0.117. The lowest BCUT2D eigenvalue weighted by molar-refractivity contribution is -0.119. The molecule has 0 aliphatic carbocycles. The summed E-state index contributed by atoms with van der Waals surface area (Å²) in [5.74, 6) is 0.592. The Morgan fingerprint density at radius 3 is 2.64 bits per heavy atom. The van der Waals surface area contributed by atoms with Crippen LogP contribution in [0.5, 0.6) is 5.75 Å². The average Bonchev–Trinajstić information content (AvgIpc) is 2.61. The Balaban J connectivity index is 1.77. The summed E-state index contributed by atoms with van der Waals surface area (Å²) in [5, 5.41) is 5.95. The maximum absolute atomic E-state index is 12.0. The van der Waals surface area contributed by atoms with Crippen molar-refractivity contribution in [3.63, 3.8) is 0 Å². The fourth-order valence-electron chi connectivity index (χ4n) is 2.16. The van der Waals surface area contributed by atoms with Crippen LogP contribution in [-0.4, -0.2) is 31.3 Å². The molecule has 2 N–H and O–H groups in total. The van der Waals surface area contributed by atoms with Crippen molar-refractivity contribution in [2.75, 3.05) is 25.6 Å². The van der Waals surface area contributed by atoms with E-state index in [1.54, 1.807) is 7.11 Å². The molecule has 2 aromatic carbocycles. The van der Waals surface area contributed by atoms with Crippen LogP contribution in [0.1, 0.15) is 12.0 Å². The first-order valence-electron chi connectivity index (χ1n) is 8.04. The molecule has 0 spiro atoms. The van der Waals surface area contributed by atoms with Gasteiger partial charge in [-0.05, 0) is 36.3 Å². The number of methoxy groups -OCH3 is 1. The number of ether oxygens (including phenoxy) is 2. The minimum atomic E-state index is -0.117. The fourth-order valence-corrected chi connectivity index (χ4v) is 2.39. The lowest BCUT2D eigenvalue weighted by atomic mass is 10.1. The lowest BCUT2D eigenvalue weighted by Crippen LogP contribution is -2.34. The smallest absolute Gasteiger partial charge is 0.226 e. The zero-order valence-corrected chi connectivity index (χ0v) is 15.0. The molecule has 0 radical (unpaired) electrons. The Morgan fingerprint density at radius 2 is 1.88 bits per heavy atom. The molecule has 1 amide bonds. The molecule has 2 aromatic rings. The molecule has 0 saturated carbocycles. The van der Waals surface area contributed by atoms with Gasteiger partial charge in [0.2, 0.25) is 5.91 Å². The molecule has 0 aliphatic heterocycles. The van der Waals surface area contributed by atoms with Crippen molar-refractivity contribution in [2.45, 2.75) is 12.8 Å². The van der Waals surface area contributed by atoms with E-state index < -0.39 is 0 Å². The first kappa shape index (κ1) is 18.9. The van der Waals surface area contributed by atoms with E-state index in [1.165, 1.54) is 0 Å². The van der Waals surface area contributed by atoms with Crippen LogP contribution in [0.2, 0.25) is 0 Å². The Labute approximate surface area is 153 Å². The second-order valence-electron chi connectivity index (χ2n) is 5.36. The quantitative estimate of drug-likeness (QED) is 0.561. The number of benzene rings is 2. The van der Waals surface area contributed by atoms with Crippen molar-refractivity contribution < 1.29 is 14.3 Å². The third-order valence-electron chi connectivity index (χ3n) is 3.38. The van der Waals surface area contributed by atoms with Gasteiger partial charge >= 0.3 is 0 Å². The number of hydrogen-bond donors (Lipinski definition) is 2. The van der Waals surface area contributed by atoms with Crippen LogP contribution in [0.4, 0.5) is 5.69 Å². The summed E-state index contributed by atoms with van der Waals surface area (Å²) in [4.78, 5) is 12.0. The number of thiocarbonyl (C=S) groups is 1. The van der Waals surface area contributed by atoms with Crippen LogP contribution in [-0.2, 0) is 16.0 Å². The van der Waals surface area contributed by atoms with E-state index in [-0.39, 0.29) is 11.0 Å². The van der Waals surface area contributed by atoms with Crippen LogP contribution in [0, 0.1) is 0 Å². The zero-order chi connectivity index (χ0) is 17.9. The van der Waals surface area contributed by atoms with Gasteiger partial charge in [-0.1, -0.05) is 36.4 Å². The molecular formula is C19H22N2O3S. The summed E-state index contributed by atoms with van der Waals surface area (Å²) in [5.41, 5.74) is 1.88. The van der Waals surface area contributed by atoms with E-state index in [4.69, 9.17) is 21.7 Å². The normalized spacial score (nSPS) is 10.1. The topological polar surface area (TPSA) is 59.6 Å². The predicted octanol–water partition coefficient (Wildman–Crippen LogP) is 3.16. The van der Waals surface area contributed by atoms with Gasteiger partial charge in [0, 0.05) is 25.3 Å². The summed E-state index contributed by atoms with van der Waals surface area (Å²) >= 11 is 5.19. The maximum Gasteiger partial charge on any atom is 0.226 e. The summed E-state index contributed by atoms with van der Waals surface area (Å²) in [7, 11) is 1.63. The third-order valence-corrected chi connectivity index (χ3v) is 3.59. The largest absolute Gasteiger partial charge is 0.491 e. The molecule has 2 rings (SSSR count). The van der Waals surface area contributed by atoms with Gasteiger partial charge < -0.3 is 20.1 Å². The van der Waals surface area contributed by atoms with E-state index in [9.17, 15) is 4.79 Å².